The molecule has 0 radical (unpaired) electrons. The zero-order valence-electron chi connectivity index (χ0n) is 16.4. The number of carbonyl (C=O) groups excluding carboxylic acids is 1. The number of aliphatic imine (C=N–C) groups is 1. The first-order valence-corrected chi connectivity index (χ1v) is 9.89. The van der Waals surface area contributed by atoms with E-state index in [0.717, 1.165) is 62.6 Å². The topological polar surface area (TPSA) is 74.6 Å². The maximum Gasteiger partial charge on any atom is 0.220 e. The number of rotatable bonds is 4. The summed E-state index contributed by atoms with van der Waals surface area (Å²) in [5.41, 5.74) is 2.24. The van der Waals surface area contributed by atoms with Crippen LogP contribution in [0.5, 0.6) is 0 Å². The fourth-order valence-electron chi connectivity index (χ4n) is 4.31. The maximum atomic E-state index is 11.7. The fourth-order valence-corrected chi connectivity index (χ4v) is 4.31. The number of hydrogen-bond donors (Lipinski definition) is 2. The number of para-hydroxylation sites is 2. The summed E-state index contributed by atoms with van der Waals surface area (Å²) in [5.74, 6) is 1.14. The van der Waals surface area contributed by atoms with E-state index in [9.17, 15) is 4.79 Å². The van der Waals surface area contributed by atoms with Crippen molar-refractivity contribution in [2.24, 2.45) is 10.4 Å². The number of amides is 1. The van der Waals surface area contributed by atoms with Crippen molar-refractivity contribution in [3.63, 3.8) is 0 Å². The number of fused-ring (bicyclic) bond motifs is 1. The number of carbonyl (C=O) groups is 1. The molecule has 3 heterocycles. The van der Waals surface area contributed by atoms with E-state index in [4.69, 9.17) is 4.99 Å². The lowest BCUT2D eigenvalue weighted by atomic mass is 9.79. The third-order valence-corrected chi connectivity index (χ3v) is 5.62. The van der Waals surface area contributed by atoms with Crippen LogP contribution in [0.2, 0.25) is 0 Å². The van der Waals surface area contributed by atoms with Crippen LogP contribution in [0, 0.1) is 5.41 Å². The average molecular weight is 496 g/mol. The summed E-state index contributed by atoms with van der Waals surface area (Å²) in [6, 6.07) is 8.17. The van der Waals surface area contributed by atoms with E-state index in [-0.39, 0.29) is 35.3 Å². The zero-order chi connectivity index (χ0) is 18.7. The number of aromatic nitrogens is 2. The van der Waals surface area contributed by atoms with Crippen molar-refractivity contribution in [2.45, 2.75) is 32.7 Å². The minimum absolute atomic E-state index is 0. The Kier molecular flexibility index (Phi) is 6.79. The van der Waals surface area contributed by atoms with E-state index < -0.39 is 0 Å². The van der Waals surface area contributed by atoms with Crippen LogP contribution in [0.15, 0.2) is 35.6 Å². The van der Waals surface area contributed by atoms with E-state index in [0.29, 0.717) is 13.0 Å². The van der Waals surface area contributed by atoms with E-state index in [1.54, 1.807) is 0 Å². The molecule has 2 aliphatic rings. The van der Waals surface area contributed by atoms with E-state index in [1.807, 2.05) is 24.5 Å². The molecule has 2 aliphatic heterocycles. The standard InChI is InChI=1S/C20H28N6O.HI/c1-2-21-19(25-10-5-8-20(14-25)12-18(27)23-13-20)22-9-11-26-15-24-16-6-3-4-7-17(16)26;/h3-4,6-7,15H,2,5,8-14H2,1H3,(H,21,22)(H,23,27);1H. The average Bonchev–Trinajstić information content (AvgIpc) is 3.25. The maximum absolute atomic E-state index is 11.7. The summed E-state index contributed by atoms with van der Waals surface area (Å²) in [7, 11) is 0. The minimum atomic E-state index is 0. The molecular formula is C20H29IN6O. The molecule has 8 heteroatoms. The second-order valence-corrected chi connectivity index (χ2v) is 7.64. The highest BCUT2D eigenvalue weighted by molar-refractivity contribution is 14.0. The zero-order valence-corrected chi connectivity index (χ0v) is 18.7. The van der Waals surface area contributed by atoms with Gasteiger partial charge in [-0.15, -0.1) is 24.0 Å². The molecule has 2 aromatic rings. The van der Waals surface area contributed by atoms with Crippen molar-refractivity contribution >= 4 is 46.9 Å². The first-order chi connectivity index (χ1) is 13.2. The molecule has 2 N–H and O–H groups in total. The molecule has 1 aromatic heterocycles. The second kappa shape index (κ2) is 9.11. The van der Waals surface area contributed by atoms with Crippen molar-refractivity contribution in [1.29, 1.82) is 0 Å². The molecule has 1 atom stereocenters. The Labute approximate surface area is 183 Å². The molecule has 2 fully saturated rings. The Morgan fingerprint density at radius 3 is 3.04 bits per heavy atom. The molecule has 4 rings (SSSR count). The van der Waals surface area contributed by atoms with Crippen LogP contribution in [0.3, 0.4) is 0 Å². The van der Waals surface area contributed by atoms with Gasteiger partial charge in [-0.05, 0) is 31.9 Å². The predicted octanol–water partition coefficient (Wildman–Crippen LogP) is 2.22. The first-order valence-electron chi connectivity index (χ1n) is 9.89. The van der Waals surface area contributed by atoms with Crippen LogP contribution in [0.4, 0.5) is 0 Å². The van der Waals surface area contributed by atoms with Crippen LogP contribution < -0.4 is 10.6 Å². The number of nitrogens with zero attached hydrogens (tertiary/aromatic N) is 4. The van der Waals surface area contributed by atoms with Gasteiger partial charge in [0.15, 0.2) is 5.96 Å². The lowest BCUT2D eigenvalue weighted by Gasteiger charge is -2.40. The largest absolute Gasteiger partial charge is 0.357 e. The van der Waals surface area contributed by atoms with Crippen LogP contribution in [-0.2, 0) is 11.3 Å². The summed E-state index contributed by atoms with van der Waals surface area (Å²) in [4.78, 5) is 23.4. The predicted molar refractivity (Wildman–Crippen MR) is 122 cm³/mol. The molecule has 0 saturated carbocycles. The Morgan fingerprint density at radius 1 is 1.39 bits per heavy atom. The number of piperidine rings is 1. The molecule has 2 saturated heterocycles. The summed E-state index contributed by atoms with van der Waals surface area (Å²) >= 11 is 0. The van der Waals surface area contributed by atoms with Crippen molar-refractivity contribution in [2.75, 3.05) is 32.7 Å². The summed E-state index contributed by atoms with van der Waals surface area (Å²) < 4.78 is 2.15. The molecule has 152 valence electrons. The van der Waals surface area contributed by atoms with Crippen LogP contribution >= 0.6 is 24.0 Å². The highest BCUT2D eigenvalue weighted by Gasteiger charge is 2.42. The van der Waals surface area contributed by atoms with Gasteiger partial charge in [-0.2, -0.15) is 0 Å². The summed E-state index contributed by atoms with van der Waals surface area (Å²) in [5, 5.41) is 6.45. The van der Waals surface area contributed by atoms with Crippen LogP contribution in [0.25, 0.3) is 11.0 Å². The van der Waals surface area contributed by atoms with Crippen molar-refractivity contribution in [3.8, 4) is 0 Å². The monoisotopic (exact) mass is 496 g/mol. The SMILES string of the molecule is CCNC(=NCCn1cnc2ccccc21)N1CCCC2(CNC(=O)C2)C1.I. The van der Waals surface area contributed by atoms with Gasteiger partial charge in [0.25, 0.3) is 0 Å². The number of nitrogens with one attached hydrogen (secondary N) is 2. The fraction of sp³-hybridized carbons (Fsp3) is 0.550. The molecule has 1 unspecified atom stereocenters. The number of likely N-dealkylation sites (tertiary alicyclic amines) is 1. The quantitative estimate of drug-likeness (QED) is 0.387. The van der Waals surface area contributed by atoms with E-state index in [1.165, 1.54) is 0 Å². The van der Waals surface area contributed by atoms with E-state index in [2.05, 4.69) is 38.1 Å². The highest BCUT2D eigenvalue weighted by Crippen LogP contribution is 2.35. The Bertz CT molecular complexity index is 850. The molecule has 0 bridgehead atoms. The molecule has 1 aromatic carbocycles. The van der Waals surface area contributed by atoms with Gasteiger partial charge in [0.2, 0.25) is 5.91 Å². The van der Waals surface area contributed by atoms with Gasteiger partial charge in [-0.1, -0.05) is 12.1 Å². The van der Waals surface area contributed by atoms with Gasteiger partial charge in [0.1, 0.15) is 0 Å². The van der Waals surface area contributed by atoms with Crippen LogP contribution in [0.1, 0.15) is 26.2 Å². The van der Waals surface area contributed by atoms with Gasteiger partial charge in [0, 0.05) is 44.6 Å². The number of guanidine groups is 1. The van der Waals surface area contributed by atoms with Gasteiger partial charge >= 0.3 is 0 Å². The minimum Gasteiger partial charge on any atom is -0.357 e. The molecule has 28 heavy (non-hydrogen) atoms. The molecular weight excluding hydrogens is 467 g/mol. The first kappa shape index (κ1) is 20.9. The third-order valence-electron chi connectivity index (χ3n) is 5.62. The summed E-state index contributed by atoms with van der Waals surface area (Å²) in [6.45, 7) is 7.12. The van der Waals surface area contributed by atoms with Gasteiger partial charge in [-0.25, -0.2) is 4.98 Å². The van der Waals surface area contributed by atoms with Crippen molar-refractivity contribution < 1.29 is 4.79 Å². The van der Waals surface area contributed by atoms with Gasteiger partial charge in [0.05, 0.1) is 23.9 Å². The number of hydrogen-bond acceptors (Lipinski definition) is 3. The molecule has 1 amide bonds. The molecule has 7 nitrogen and oxygen atoms in total. The number of benzene rings is 1. The third kappa shape index (κ3) is 4.42. The molecule has 0 aliphatic carbocycles. The van der Waals surface area contributed by atoms with Gasteiger partial charge in [-0.3, -0.25) is 9.79 Å². The van der Waals surface area contributed by atoms with Gasteiger partial charge < -0.3 is 20.1 Å². The normalized spacial score (nSPS) is 22.4. The lowest BCUT2D eigenvalue weighted by Crippen LogP contribution is -2.51. The molecule has 1 spiro atoms. The second-order valence-electron chi connectivity index (χ2n) is 7.64. The highest BCUT2D eigenvalue weighted by atomic mass is 127. The Hall–Kier alpha value is -1.84. The lowest BCUT2D eigenvalue weighted by molar-refractivity contribution is -0.119. The van der Waals surface area contributed by atoms with Crippen LogP contribution in [-0.4, -0.2) is 59.0 Å². The Morgan fingerprint density at radius 2 is 2.25 bits per heavy atom. The smallest absolute Gasteiger partial charge is 0.220 e. The number of imidazole rings is 1. The van der Waals surface area contributed by atoms with E-state index >= 15 is 0 Å². The number of halogens is 1. The van der Waals surface area contributed by atoms with Crippen molar-refractivity contribution in [3.05, 3.63) is 30.6 Å². The van der Waals surface area contributed by atoms with Crippen molar-refractivity contribution in [1.82, 2.24) is 25.1 Å². The Balaban J connectivity index is 0.00000225. The summed E-state index contributed by atoms with van der Waals surface area (Å²) in [6.07, 6.45) is 4.75.